The second-order valence-electron chi connectivity index (χ2n) is 9.83. The summed E-state index contributed by atoms with van der Waals surface area (Å²) >= 11 is 0. The molecule has 0 aliphatic carbocycles. The molecule has 6 heteroatoms. The van der Waals surface area contributed by atoms with E-state index >= 15 is 0 Å². The number of para-hydroxylation sites is 2. The number of carbonyl (C=O) groups excluding carboxylic acids is 1. The highest BCUT2D eigenvalue weighted by molar-refractivity contribution is 5.76. The van der Waals surface area contributed by atoms with E-state index in [9.17, 15) is 4.79 Å². The first-order valence-electron chi connectivity index (χ1n) is 12.7. The van der Waals surface area contributed by atoms with E-state index in [-0.39, 0.29) is 11.9 Å². The number of hydrogen-bond acceptors (Lipinski definition) is 4. The molecule has 3 heterocycles. The van der Waals surface area contributed by atoms with Crippen LogP contribution in [0.15, 0.2) is 54.6 Å². The zero-order chi connectivity index (χ0) is 23.5. The second kappa shape index (κ2) is 10.3. The Morgan fingerprint density at radius 2 is 1.76 bits per heavy atom. The fourth-order valence-electron chi connectivity index (χ4n) is 6.19. The fraction of sp³-hybridized carbons (Fsp3) is 0.500. The molecule has 3 aromatic rings. The molecule has 2 bridgehead atoms. The van der Waals surface area contributed by atoms with Crippen LogP contribution in [0.4, 0.5) is 0 Å². The van der Waals surface area contributed by atoms with Crippen molar-refractivity contribution in [3.63, 3.8) is 0 Å². The van der Waals surface area contributed by atoms with E-state index in [1.807, 2.05) is 6.07 Å². The van der Waals surface area contributed by atoms with Gasteiger partial charge in [-0.05, 0) is 56.7 Å². The van der Waals surface area contributed by atoms with Gasteiger partial charge in [0.25, 0.3) is 0 Å². The number of rotatable bonds is 9. The van der Waals surface area contributed by atoms with Crippen molar-refractivity contribution in [1.82, 2.24) is 19.8 Å². The van der Waals surface area contributed by atoms with E-state index in [2.05, 4.69) is 70.2 Å². The first kappa shape index (κ1) is 23.1. The zero-order valence-electron chi connectivity index (χ0n) is 20.3. The summed E-state index contributed by atoms with van der Waals surface area (Å²) in [7, 11) is 1.63. The Balaban J connectivity index is 1.27. The van der Waals surface area contributed by atoms with Crippen molar-refractivity contribution in [2.45, 2.75) is 69.6 Å². The Labute approximate surface area is 202 Å². The molecule has 34 heavy (non-hydrogen) atoms. The summed E-state index contributed by atoms with van der Waals surface area (Å²) in [6, 6.07) is 20.6. The van der Waals surface area contributed by atoms with E-state index in [1.54, 1.807) is 7.11 Å². The molecule has 2 aromatic carbocycles. The van der Waals surface area contributed by atoms with Crippen molar-refractivity contribution in [2.75, 3.05) is 20.3 Å². The van der Waals surface area contributed by atoms with Crippen LogP contribution in [-0.2, 0) is 9.53 Å². The van der Waals surface area contributed by atoms with Crippen molar-refractivity contribution in [1.29, 1.82) is 0 Å². The average Bonchev–Trinajstić information content (AvgIpc) is 3.31. The number of piperidine rings is 1. The van der Waals surface area contributed by atoms with Gasteiger partial charge < -0.3 is 14.6 Å². The highest BCUT2D eigenvalue weighted by Crippen LogP contribution is 2.42. The lowest BCUT2D eigenvalue weighted by atomic mass is 9.95. The molecule has 1 aromatic heterocycles. The van der Waals surface area contributed by atoms with Gasteiger partial charge in [0.15, 0.2) is 0 Å². The van der Waals surface area contributed by atoms with E-state index in [4.69, 9.17) is 9.72 Å². The van der Waals surface area contributed by atoms with E-state index in [0.29, 0.717) is 31.2 Å². The third-order valence-electron chi connectivity index (χ3n) is 7.74. The summed E-state index contributed by atoms with van der Waals surface area (Å²) in [5, 5.41) is 3.26. The van der Waals surface area contributed by atoms with Gasteiger partial charge >= 0.3 is 0 Å². The Morgan fingerprint density at radius 1 is 1.06 bits per heavy atom. The number of benzene rings is 2. The van der Waals surface area contributed by atoms with Gasteiger partial charge in [-0.2, -0.15) is 0 Å². The number of hydrogen-bond donors (Lipinski definition) is 1. The molecule has 0 spiro atoms. The number of nitrogens with zero attached hydrogens (tertiary/aromatic N) is 3. The number of imidazole rings is 1. The molecule has 180 valence electrons. The van der Waals surface area contributed by atoms with E-state index in [0.717, 1.165) is 24.3 Å². The van der Waals surface area contributed by atoms with Gasteiger partial charge in [-0.3, -0.25) is 9.69 Å². The van der Waals surface area contributed by atoms with Crippen molar-refractivity contribution < 1.29 is 9.53 Å². The SMILES string of the molecule is COCCC(=O)NC(CCN1C2CC[C@H]1CC(n1c(C)nc3ccccc31)C2)c1ccccc1. The fourth-order valence-corrected chi connectivity index (χ4v) is 6.19. The van der Waals surface area contributed by atoms with Crippen molar-refractivity contribution in [3.05, 3.63) is 66.0 Å². The minimum absolute atomic E-state index is 0.0301. The molecule has 2 aliphatic heterocycles. The van der Waals surface area contributed by atoms with Crippen LogP contribution in [0.3, 0.4) is 0 Å². The van der Waals surface area contributed by atoms with E-state index in [1.165, 1.54) is 36.8 Å². The molecule has 1 amide bonds. The summed E-state index contributed by atoms with van der Waals surface area (Å²) in [6.07, 6.45) is 6.20. The van der Waals surface area contributed by atoms with Gasteiger partial charge in [0.2, 0.25) is 5.91 Å². The first-order valence-corrected chi connectivity index (χ1v) is 12.7. The van der Waals surface area contributed by atoms with Crippen LogP contribution < -0.4 is 5.32 Å². The predicted octanol–water partition coefficient (Wildman–Crippen LogP) is 4.80. The van der Waals surface area contributed by atoms with Crippen LogP contribution in [0.1, 0.15) is 62.0 Å². The Hall–Kier alpha value is -2.70. The number of amides is 1. The number of fused-ring (bicyclic) bond motifs is 3. The predicted molar refractivity (Wildman–Crippen MR) is 135 cm³/mol. The molecule has 2 saturated heterocycles. The lowest BCUT2D eigenvalue weighted by Gasteiger charge is -2.40. The maximum atomic E-state index is 12.5. The van der Waals surface area contributed by atoms with Crippen LogP contribution in [-0.4, -0.2) is 52.7 Å². The lowest BCUT2D eigenvalue weighted by Crippen LogP contribution is -2.45. The van der Waals surface area contributed by atoms with Crippen LogP contribution in [0.2, 0.25) is 0 Å². The summed E-state index contributed by atoms with van der Waals surface area (Å²) in [6.45, 7) is 3.61. The van der Waals surface area contributed by atoms with Gasteiger partial charge in [0.05, 0.1) is 23.7 Å². The number of ether oxygens (including phenoxy) is 1. The molecule has 2 aliphatic rings. The summed E-state index contributed by atoms with van der Waals surface area (Å²) in [4.78, 5) is 20.0. The molecule has 5 rings (SSSR count). The molecule has 0 radical (unpaired) electrons. The van der Waals surface area contributed by atoms with Crippen molar-refractivity contribution in [2.24, 2.45) is 0 Å². The quantitative estimate of drug-likeness (QED) is 0.498. The van der Waals surface area contributed by atoms with Crippen LogP contribution in [0, 0.1) is 6.92 Å². The van der Waals surface area contributed by atoms with Gasteiger partial charge in [0.1, 0.15) is 5.82 Å². The molecule has 4 atom stereocenters. The van der Waals surface area contributed by atoms with Crippen LogP contribution >= 0.6 is 0 Å². The monoisotopic (exact) mass is 460 g/mol. The largest absolute Gasteiger partial charge is 0.384 e. The minimum atomic E-state index is 0.0301. The Kier molecular flexibility index (Phi) is 6.97. The molecule has 0 saturated carbocycles. The smallest absolute Gasteiger partial charge is 0.222 e. The van der Waals surface area contributed by atoms with E-state index < -0.39 is 0 Å². The molecule has 2 fully saturated rings. The maximum Gasteiger partial charge on any atom is 0.222 e. The molecular formula is C28H36N4O2. The number of carbonyl (C=O) groups is 1. The summed E-state index contributed by atoms with van der Waals surface area (Å²) in [5.41, 5.74) is 3.54. The van der Waals surface area contributed by atoms with Gasteiger partial charge in [-0.15, -0.1) is 0 Å². The van der Waals surface area contributed by atoms with Crippen molar-refractivity contribution >= 4 is 16.9 Å². The van der Waals surface area contributed by atoms with Gasteiger partial charge in [-0.1, -0.05) is 42.5 Å². The van der Waals surface area contributed by atoms with Gasteiger partial charge in [-0.25, -0.2) is 4.98 Å². The standard InChI is InChI=1S/C28H36N4O2/c1-20-29-26-10-6-7-11-27(26)32(20)24-18-22-12-13-23(19-24)31(22)16-14-25(21-8-4-3-5-9-21)30-28(33)15-17-34-2/h3-11,22-25H,12-19H2,1-2H3,(H,30,33)/t22-,23?,24?,25?/m0/s1. The maximum absolute atomic E-state index is 12.5. The third kappa shape index (κ3) is 4.75. The molecule has 1 N–H and O–H groups in total. The van der Waals surface area contributed by atoms with Crippen LogP contribution in [0.25, 0.3) is 11.0 Å². The number of aromatic nitrogens is 2. The average molecular weight is 461 g/mol. The Bertz CT molecular complexity index is 1100. The minimum Gasteiger partial charge on any atom is -0.384 e. The number of aryl methyl sites for hydroxylation is 1. The van der Waals surface area contributed by atoms with Crippen molar-refractivity contribution in [3.8, 4) is 0 Å². The molecular weight excluding hydrogens is 424 g/mol. The first-order chi connectivity index (χ1) is 16.6. The van der Waals surface area contributed by atoms with Crippen LogP contribution in [0.5, 0.6) is 0 Å². The molecule has 3 unspecified atom stereocenters. The highest BCUT2D eigenvalue weighted by Gasteiger charge is 2.41. The molecule has 6 nitrogen and oxygen atoms in total. The summed E-state index contributed by atoms with van der Waals surface area (Å²) < 4.78 is 7.58. The highest BCUT2D eigenvalue weighted by atomic mass is 16.5. The second-order valence-corrected chi connectivity index (χ2v) is 9.83. The third-order valence-corrected chi connectivity index (χ3v) is 7.74. The lowest BCUT2D eigenvalue weighted by molar-refractivity contribution is -0.122. The Morgan fingerprint density at radius 3 is 2.50 bits per heavy atom. The normalized spacial score (nSPS) is 23.3. The van der Waals surface area contributed by atoms with Gasteiger partial charge in [0, 0.05) is 38.2 Å². The zero-order valence-corrected chi connectivity index (χ0v) is 20.3. The topological polar surface area (TPSA) is 59.4 Å². The number of nitrogens with one attached hydrogen (secondary N) is 1. The summed E-state index contributed by atoms with van der Waals surface area (Å²) in [5.74, 6) is 1.18. The number of methoxy groups -OCH3 is 1.